The van der Waals surface area contributed by atoms with Crippen molar-refractivity contribution in [1.82, 2.24) is 9.97 Å². The highest BCUT2D eigenvalue weighted by atomic mass is 19.1. The van der Waals surface area contributed by atoms with Crippen LogP contribution in [0.5, 0.6) is 0 Å². The van der Waals surface area contributed by atoms with Gasteiger partial charge >= 0.3 is 0 Å². The molecule has 0 radical (unpaired) electrons. The molecule has 1 amide bonds. The Morgan fingerprint density at radius 3 is 2.61 bits per heavy atom. The van der Waals surface area contributed by atoms with Crippen LogP contribution >= 0.6 is 0 Å². The minimum absolute atomic E-state index is 0.263. The number of anilines is 2. The van der Waals surface area contributed by atoms with Crippen LogP contribution in [-0.2, 0) is 0 Å². The number of rotatable bonds is 3. The Balaban J connectivity index is 1.64. The molecule has 2 heterocycles. The standard InChI is InChI=1S/C17H19FN4O/c1-12-5-7-22(8-6-12)17-19-10-15(11-20-17)21-16(23)13-3-2-4-14(18)9-13/h2-4,9-12H,5-8H2,1H3,(H,21,23). The number of carbonyl (C=O) groups is 1. The number of benzene rings is 1. The van der Waals surface area contributed by atoms with Gasteiger partial charge in [-0.2, -0.15) is 0 Å². The Morgan fingerprint density at radius 2 is 1.96 bits per heavy atom. The van der Waals surface area contributed by atoms with Crippen LogP contribution in [0.3, 0.4) is 0 Å². The molecule has 23 heavy (non-hydrogen) atoms. The predicted molar refractivity (Wildman–Crippen MR) is 87.0 cm³/mol. The highest BCUT2D eigenvalue weighted by Gasteiger charge is 2.18. The first-order valence-corrected chi connectivity index (χ1v) is 7.76. The summed E-state index contributed by atoms with van der Waals surface area (Å²) in [5.41, 5.74) is 0.757. The zero-order valence-electron chi connectivity index (χ0n) is 13.0. The Bertz CT molecular complexity index is 681. The van der Waals surface area contributed by atoms with E-state index < -0.39 is 5.82 Å². The van der Waals surface area contributed by atoms with Gasteiger partial charge in [-0.15, -0.1) is 0 Å². The molecule has 5 nitrogen and oxygen atoms in total. The normalized spacial score (nSPS) is 15.5. The Kier molecular flexibility index (Phi) is 4.50. The highest BCUT2D eigenvalue weighted by Crippen LogP contribution is 2.20. The molecule has 1 aliphatic rings. The molecule has 0 unspecified atom stereocenters. The molecule has 2 aromatic rings. The van der Waals surface area contributed by atoms with Gasteiger partial charge in [-0.05, 0) is 37.0 Å². The number of halogens is 1. The van der Waals surface area contributed by atoms with Crippen LogP contribution in [0.4, 0.5) is 16.0 Å². The summed E-state index contributed by atoms with van der Waals surface area (Å²) < 4.78 is 13.1. The third-order valence-corrected chi connectivity index (χ3v) is 4.05. The van der Waals surface area contributed by atoms with E-state index in [1.807, 2.05) is 0 Å². The van der Waals surface area contributed by atoms with Crippen LogP contribution in [0, 0.1) is 11.7 Å². The number of carbonyl (C=O) groups excluding carboxylic acids is 1. The minimum Gasteiger partial charge on any atom is -0.341 e. The van der Waals surface area contributed by atoms with Gasteiger partial charge in [0.05, 0.1) is 18.1 Å². The Morgan fingerprint density at radius 1 is 1.26 bits per heavy atom. The molecule has 1 aromatic heterocycles. The summed E-state index contributed by atoms with van der Waals surface area (Å²) in [4.78, 5) is 22.8. The number of hydrogen-bond donors (Lipinski definition) is 1. The fraction of sp³-hybridized carbons (Fsp3) is 0.353. The third kappa shape index (κ3) is 3.83. The van der Waals surface area contributed by atoms with E-state index in [0.717, 1.165) is 31.8 Å². The van der Waals surface area contributed by atoms with Crippen molar-refractivity contribution >= 4 is 17.5 Å². The maximum atomic E-state index is 13.1. The summed E-state index contributed by atoms with van der Waals surface area (Å²) in [5.74, 6) is 0.605. The molecule has 1 N–H and O–H groups in total. The van der Waals surface area contributed by atoms with Crippen molar-refractivity contribution in [2.75, 3.05) is 23.3 Å². The second-order valence-corrected chi connectivity index (χ2v) is 5.91. The number of nitrogens with one attached hydrogen (secondary N) is 1. The lowest BCUT2D eigenvalue weighted by Gasteiger charge is -2.30. The molecule has 0 atom stereocenters. The van der Waals surface area contributed by atoms with E-state index in [-0.39, 0.29) is 11.5 Å². The van der Waals surface area contributed by atoms with Gasteiger partial charge in [0, 0.05) is 18.7 Å². The van der Waals surface area contributed by atoms with E-state index in [2.05, 4.69) is 27.1 Å². The topological polar surface area (TPSA) is 58.1 Å². The lowest BCUT2D eigenvalue weighted by Crippen LogP contribution is -2.34. The van der Waals surface area contributed by atoms with Gasteiger partial charge < -0.3 is 10.2 Å². The van der Waals surface area contributed by atoms with Crippen LogP contribution in [0.15, 0.2) is 36.7 Å². The molecule has 1 saturated heterocycles. The SMILES string of the molecule is CC1CCN(c2ncc(NC(=O)c3cccc(F)c3)cn2)CC1. The fourth-order valence-electron chi connectivity index (χ4n) is 2.59. The zero-order chi connectivity index (χ0) is 16.2. The first kappa shape index (κ1) is 15.4. The largest absolute Gasteiger partial charge is 0.341 e. The molecule has 0 bridgehead atoms. The van der Waals surface area contributed by atoms with Gasteiger partial charge in [0.15, 0.2) is 0 Å². The van der Waals surface area contributed by atoms with E-state index in [1.165, 1.54) is 18.2 Å². The molecular formula is C17H19FN4O. The van der Waals surface area contributed by atoms with Crippen molar-refractivity contribution in [2.24, 2.45) is 5.92 Å². The van der Waals surface area contributed by atoms with E-state index >= 15 is 0 Å². The number of piperidine rings is 1. The summed E-state index contributed by atoms with van der Waals surface area (Å²) in [6.07, 6.45) is 5.44. The van der Waals surface area contributed by atoms with Crippen molar-refractivity contribution in [3.63, 3.8) is 0 Å². The fourth-order valence-corrected chi connectivity index (χ4v) is 2.59. The first-order chi connectivity index (χ1) is 11.1. The van der Waals surface area contributed by atoms with Crippen LogP contribution < -0.4 is 10.2 Å². The van der Waals surface area contributed by atoms with Crippen molar-refractivity contribution < 1.29 is 9.18 Å². The Hall–Kier alpha value is -2.50. The van der Waals surface area contributed by atoms with Crippen molar-refractivity contribution in [2.45, 2.75) is 19.8 Å². The Labute approximate surface area is 134 Å². The number of hydrogen-bond acceptors (Lipinski definition) is 4. The second kappa shape index (κ2) is 6.73. The lowest BCUT2D eigenvalue weighted by atomic mass is 10.00. The van der Waals surface area contributed by atoms with E-state index in [4.69, 9.17) is 0 Å². The molecule has 0 saturated carbocycles. The highest BCUT2D eigenvalue weighted by molar-refractivity contribution is 6.04. The maximum absolute atomic E-state index is 13.1. The molecule has 120 valence electrons. The zero-order valence-corrected chi connectivity index (χ0v) is 13.0. The van der Waals surface area contributed by atoms with Crippen LogP contribution in [0.1, 0.15) is 30.1 Å². The summed E-state index contributed by atoms with van der Waals surface area (Å²) >= 11 is 0. The number of aromatic nitrogens is 2. The van der Waals surface area contributed by atoms with Gasteiger partial charge in [-0.3, -0.25) is 4.79 Å². The molecule has 6 heteroatoms. The number of nitrogens with zero attached hydrogens (tertiary/aromatic N) is 3. The monoisotopic (exact) mass is 314 g/mol. The van der Waals surface area contributed by atoms with Crippen molar-refractivity contribution in [3.8, 4) is 0 Å². The number of amides is 1. The van der Waals surface area contributed by atoms with E-state index in [1.54, 1.807) is 18.5 Å². The summed E-state index contributed by atoms with van der Waals surface area (Å²) in [5, 5.41) is 2.67. The first-order valence-electron chi connectivity index (χ1n) is 7.76. The third-order valence-electron chi connectivity index (χ3n) is 4.05. The van der Waals surface area contributed by atoms with Gasteiger partial charge in [-0.25, -0.2) is 14.4 Å². The minimum atomic E-state index is -0.441. The molecule has 1 aliphatic heterocycles. The predicted octanol–water partition coefficient (Wildman–Crippen LogP) is 3.10. The maximum Gasteiger partial charge on any atom is 0.255 e. The van der Waals surface area contributed by atoms with Crippen molar-refractivity contribution in [3.05, 3.63) is 48.0 Å². The molecule has 0 spiro atoms. The van der Waals surface area contributed by atoms with Gasteiger partial charge in [0.1, 0.15) is 5.82 Å². The summed E-state index contributed by atoms with van der Waals surface area (Å²) in [7, 11) is 0. The molecule has 1 aromatic carbocycles. The molecular weight excluding hydrogens is 295 g/mol. The average Bonchev–Trinajstić information content (AvgIpc) is 2.56. The smallest absolute Gasteiger partial charge is 0.255 e. The lowest BCUT2D eigenvalue weighted by molar-refractivity contribution is 0.102. The van der Waals surface area contributed by atoms with Crippen LogP contribution in [0.2, 0.25) is 0 Å². The summed E-state index contributed by atoms with van der Waals surface area (Å²) in [6.45, 7) is 4.16. The van der Waals surface area contributed by atoms with E-state index in [9.17, 15) is 9.18 Å². The quantitative estimate of drug-likeness (QED) is 0.946. The van der Waals surface area contributed by atoms with Crippen LogP contribution in [-0.4, -0.2) is 29.0 Å². The average molecular weight is 314 g/mol. The van der Waals surface area contributed by atoms with Crippen molar-refractivity contribution in [1.29, 1.82) is 0 Å². The van der Waals surface area contributed by atoms with Gasteiger partial charge in [0.25, 0.3) is 5.91 Å². The summed E-state index contributed by atoms with van der Waals surface area (Å²) in [6, 6.07) is 5.55. The molecule has 3 rings (SSSR count). The van der Waals surface area contributed by atoms with Crippen LogP contribution in [0.25, 0.3) is 0 Å². The molecule has 1 fully saturated rings. The van der Waals surface area contributed by atoms with E-state index in [0.29, 0.717) is 11.6 Å². The van der Waals surface area contributed by atoms with Gasteiger partial charge in [0.2, 0.25) is 5.95 Å². The second-order valence-electron chi connectivity index (χ2n) is 5.91. The van der Waals surface area contributed by atoms with Gasteiger partial charge in [-0.1, -0.05) is 13.0 Å². The molecule has 0 aliphatic carbocycles.